The molecule has 0 unspecified atom stereocenters. The Labute approximate surface area is 505 Å². The summed E-state index contributed by atoms with van der Waals surface area (Å²) in [6.45, 7) is 1.22. The maximum Gasteiger partial charge on any atom is 0.251 e. The Bertz CT molecular complexity index is 2900. The molecule has 0 radical (unpaired) electrons. The Hall–Kier alpha value is -9.32. The highest BCUT2D eigenvalue weighted by Gasteiger charge is 2.22. The van der Waals surface area contributed by atoms with Gasteiger partial charge in [0.2, 0.25) is 35.4 Å². The van der Waals surface area contributed by atoms with Crippen LogP contribution in [0.2, 0.25) is 0 Å². The summed E-state index contributed by atoms with van der Waals surface area (Å²) in [7, 11) is 3.20. The van der Waals surface area contributed by atoms with Crippen molar-refractivity contribution in [1.82, 2.24) is 41.7 Å². The second-order valence-electron chi connectivity index (χ2n) is 20.9. The highest BCUT2D eigenvalue weighted by molar-refractivity contribution is 5.97. The topological polar surface area (TPSA) is 234 Å². The Balaban J connectivity index is 0.898. The number of unbranched alkanes of at least 4 members (excludes halogenated alkanes) is 4. The summed E-state index contributed by atoms with van der Waals surface area (Å²) < 4.78 is 10.4. The number of rotatable bonds is 37. The number of amides is 8. The monoisotopic (exact) mass is 1170 g/mol. The fourth-order valence-corrected chi connectivity index (χ4v) is 9.40. The predicted octanol–water partition coefficient (Wildman–Crippen LogP) is 7.04. The molecule has 6 rings (SSSR count). The zero-order valence-electron chi connectivity index (χ0n) is 49.5. The lowest BCUT2D eigenvalue weighted by molar-refractivity contribution is -0.139. The molecular formula is C68H82N8O10. The summed E-state index contributed by atoms with van der Waals surface area (Å²) >= 11 is 0. The number of ether oxygens (including phenoxy) is 2. The van der Waals surface area contributed by atoms with Crippen molar-refractivity contribution < 1.29 is 47.8 Å². The number of benzene rings is 6. The summed E-state index contributed by atoms with van der Waals surface area (Å²) in [5.74, 6) is -1.11. The van der Waals surface area contributed by atoms with Crippen molar-refractivity contribution in [2.45, 2.75) is 77.0 Å². The molecule has 0 heterocycles. The van der Waals surface area contributed by atoms with E-state index in [0.29, 0.717) is 115 Å². The van der Waals surface area contributed by atoms with E-state index in [0.717, 1.165) is 44.9 Å². The van der Waals surface area contributed by atoms with E-state index < -0.39 is 0 Å². The number of nitrogens with one attached hydrogen (secondary N) is 6. The zero-order chi connectivity index (χ0) is 61.1. The van der Waals surface area contributed by atoms with Gasteiger partial charge in [0, 0.05) is 63.2 Å². The molecule has 0 saturated carbocycles. The van der Waals surface area contributed by atoms with Crippen molar-refractivity contribution in [2.75, 3.05) is 79.7 Å². The molecule has 0 spiro atoms. The highest BCUT2D eigenvalue weighted by Crippen LogP contribution is 2.22. The van der Waals surface area contributed by atoms with Crippen LogP contribution < -0.4 is 41.4 Å². The predicted molar refractivity (Wildman–Crippen MR) is 332 cm³/mol. The van der Waals surface area contributed by atoms with Gasteiger partial charge in [-0.15, -0.1) is 0 Å². The van der Waals surface area contributed by atoms with E-state index in [4.69, 9.17) is 9.47 Å². The molecule has 6 aromatic carbocycles. The van der Waals surface area contributed by atoms with Gasteiger partial charge in [0.25, 0.3) is 11.8 Å². The number of hydrogen-bond donors (Lipinski definition) is 6. The summed E-state index contributed by atoms with van der Waals surface area (Å²) in [5.41, 5.74) is 6.56. The molecule has 0 saturated heterocycles. The standard InChI is InChI=1S/C68H82N8O10/c1-85-59-31-27-53(28-32-59)37-43-71-63(79)49-75(47-61(77)69-41-35-51-17-7-3-8-18-51)65(81)25-11-5-13-39-73-67(83)57-23-15-21-55(45-57)56-22-16-24-58(46-56)68(84)74-40-14-6-12-26-66(82)76(48-62(78)70-42-36-52-19-9-4-10-20-52)50-64(80)72-44-38-54-29-33-60(86-2)34-30-54/h3-4,7-10,15-24,27-34,45-46H,5-6,11-14,25-26,35-44,47-50H2,1-2H3,(H,69,77)(H,70,78)(H,71,79)(H,72,80)(H,73,83)(H,74,84). The van der Waals surface area contributed by atoms with Crippen LogP contribution in [0.1, 0.15) is 94.3 Å². The Kier molecular flexibility index (Phi) is 28.4. The lowest BCUT2D eigenvalue weighted by Crippen LogP contribution is -2.46. The average molecular weight is 1170 g/mol. The fourth-order valence-electron chi connectivity index (χ4n) is 9.40. The number of methoxy groups -OCH3 is 2. The number of nitrogens with zero attached hydrogens (tertiary/aromatic N) is 2. The van der Waals surface area contributed by atoms with E-state index in [1.807, 2.05) is 121 Å². The minimum Gasteiger partial charge on any atom is -0.497 e. The first kappa shape index (κ1) is 65.8. The fraction of sp³-hybridized carbons (Fsp3) is 0.353. The molecule has 454 valence electrons. The summed E-state index contributed by atoms with van der Waals surface area (Å²) in [6.07, 6.45) is 6.12. The van der Waals surface area contributed by atoms with Gasteiger partial charge in [0.05, 0.1) is 14.2 Å². The average Bonchev–Trinajstić information content (AvgIpc) is 3.69. The van der Waals surface area contributed by atoms with E-state index in [-0.39, 0.29) is 86.3 Å². The van der Waals surface area contributed by atoms with E-state index >= 15 is 0 Å². The summed E-state index contributed by atoms with van der Waals surface area (Å²) in [4.78, 5) is 108. The van der Waals surface area contributed by atoms with Crippen molar-refractivity contribution in [2.24, 2.45) is 0 Å². The van der Waals surface area contributed by atoms with E-state index in [2.05, 4.69) is 31.9 Å². The second-order valence-corrected chi connectivity index (χ2v) is 20.9. The Morgan fingerprint density at radius 2 is 0.663 bits per heavy atom. The van der Waals surface area contributed by atoms with Crippen LogP contribution in [0.15, 0.2) is 158 Å². The van der Waals surface area contributed by atoms with Crippen molar-refractivity contribution >= 4 is 47.3 Å². The molecule has 0 aliphatic carbocycles. The van der Waals surface area contributed by atoms with Crippen molar-refractivity contribution in [3.63, 3.8) is 0 Å². The third kappa shape index (κ3) is 24.5. The van der Waals surface area contributed by atoms with E-state index in [1.54, 1.807) is 50.6 Å². The molecular weight excluding hydrogens is 1090 g/mol. The lowest BCUT2D eigenvalue weighted by Gasteiger charge is -2.22. The smallest absolute Gasteiger partial charge is 0.251 e. The number of carbonyl (C=O) groups excluding carboxylic acids is 8. The van der Waals surface area contributed by atoms with Crippen LogP contribution in [0, 0.1) is 0 Å². The third-order valence-corrected chi connectivity index (χ3v) is 14.3. The molecule has 0 aliphatic heterocycles. The molecule has 6 N–H and O–H groups in total. The largest absolute Gasteiger partial charge is 0.497 e. The van der Waals surface area contributed by atoms with Gasteiger partial charge in [-0.2, -0.15) is 0 Å². The molecule has 0 aromatic heterocycles. The van der Waals surface area contributed by atoms with Gasteiger partial charge in [-0.25, -0.2) is 0 Å². The molecule has 0 aliphatic rings. The summed E-state index contributed by atoms with van der Waals surface area (Å²) in [6, 6.07) is 48.9. The molecule has 18 heteroatoms. The van der Waals surface area contributed by atoms with Gasteiger partial charge in [-0.3, -0.25) is 38.4 Å². The third-order valence-electron chi connectivity index (χ3n) is 14.3. The first-order valence-electron chi connectivity index (χ1n) is 29.6. The number of carbonyl (C=O) groups is 8. The van der Waals surface area contributed by atoms with Crippen LogP contribution in [0.25, 0.3) is 11.1 Å². The van der Waals surface area contributed by atoms with Crippen LogP contribution in [0.5, 0.6) is 11.5 Å². The normalized spacial score (nSPS) is 10.7. The van der Waals surface area contributed by atoms with Gasteiger partial charge in [-0.1, -0.05) is 122 Å². The first-order valence-corrected chi connectivity index (χ1v) is 29.6. The minimum absolute atomic E-state index is 0.128. The van der Waals surface area contributed by atoms with Crippen molar-refractivity contribution in [3.8, 4) is 22.6 Å². The van der Waals surface area contributed by atoms with Gasteiger partial charge >= 0.3 is 0 Å². The van der Waals surface area contributed by atoms with Gasteiger partial charge < -0.3 is 51.2 Å². The van der Waals surface area contributed by atoms with Crippen LogP contribution in [0.4, 0.5) is 0 Å². The first-order chi connectivity index (χ1) is 41.8. The van der Waals surface area contributed by atoms with Crippen LogP contribution in [-0.4, -0.2) is 137 Å². The minimum atomic E-state index is -0.362. The maximum absolute atomic E-state index is 13.5. The van der Waals surface area contributed by atoms with Crippen LogP contribution >= 0.6 is 0 Å². The van der Waals surface area contributed by atoms with Crippen LogP contribution in [0.3, 0.4) is 0 Å². The molecule has 0 bridgehead atoms. The van der Waals surface area contributed by atoms with Crippen LogP contribution in [-0.2, 0) is 54.5 Å². The van der Waals surface area contributed by atoms with Crippen molar-refractivity contribution in [3.05, 3.63) is 191 Å². The zero-order valence-corrected chi connectivity index (χ0v) is 49.5. The molecule has 0 atom stereocenters. The Morgan fingerprint density at radius 3 is 0.988 bits per heavy atom. The SMILES string of the molecule is COc1ccc(CCNC(=O)CN(CC(=O)NCCc2ccccc2)C(=O)CCCCCNC(=O)c2cccc(-c3cccc(C(=O)NCCCCCC(=O)N(CC(=O)NCCc4ccccc4)CC(=O)NCCc4ccc(OC)cc4)c3)c2)cc1. The van der Waals surface area contributed by atoms with Crippen molar-refractivity contribution in [1.29, 1.82) is 0 Å². The second kappa shape index (κ2) is 37.1. The number of hydrogen-bond acceptors (Lipinski definition) is 10. The lowest BCUT2D eigenvalue weighted by atomic mass is 10.0. The van der Waals surface area contributed by atoms with Gasteiger partial charge in [0.1, 0.15) is 37.7 Å². The molecule has 6 aromatic rings. The van der Waals surface area contributed by atoms with Gasteiger partial charge in [0.15, 0.2) is 0 Å². The maximum atomic E-state index is 13.5. The molecule has 86 heavy (non-hydrogen) atoms. The van der Waals surface area contributed by atoms with E-state index in [9.17, 15) is 38.4 Å². The molecule has 18 nitrogen and oxygen atoms in total. The Morgan fingerprint density at radius 1 is 0.337 bits per heavy atom. The highest BCUT2D eigenvalue weighted by atomic mass is 16.5. The van der Waals surface area contributed by atoms with E-state index in [1.165, 1.54) is 9.80 Å². The molecule has 8 amide bonds. The quantitative estimate of drug-likeness (QED) is 0.0218. The molecule has 0 fully saturated rings. The van der Waals surface area contributed by atoms with Gasteiger partial charge in [-0.05, 0) is 133 Å². The summed E-state index contributed by atoms with van der Waals surface area (Å²) in [5, 5.41) is 17.4.